The number of rotatable bonds is 5. The molecule has 0 aromatic carbocycles. The fourth-order valence-corrected chi connectivity index (χ4v) is 2.01. The Morgan fingerprint density at radius 1 is 1.58 bits per heavy atom. The summed E-state index contributed by atoms with van der Waals surface area (Å²) in [7, 11) is 0. The summed E-state index contributed by atoms with van der Waals surface area (Å²) >= 11 is 0. The molecule has 0 aliphatic carbocycles. The van der Waals surface area contributed by atoms with Crippen molar-refractivity contribution in [1.29, 1.82) is 0 Å². The SMILES string of the molecule is O=C(O)C(Cc1cnc[nH]1)NC(=O)C1CC(O)CN1. The van der Waals surface area contributed by atoms with Crippen molar-refractivity contribution in [2.45, 2.75) is 31.0 Å². The molecule has 2 rings (SSSR count). The van der Waals surface area contributed by atoms with Crippen LogP contribution in [0.1, 0.15) is 12.1 Å². The first-order valence-electron chi connectivity index (χ1n) is 5.98. The van der Waals surface area contributed by atoms with Gasteiger partial charge in [0.15, 0.2) is 0 Å². The molecule has 5 N–H and O–H groups in total. The maximum Gasteiger partial charge on any atom is 0.326 e. The zero-order chi connectivity index (χ0) is 13.8. The standard InChI is InChI=1S/C11H16N4O4/c16-7-2-8(13-4-7)10(17)15-9(11(18)19)1-6-3-12-5-14-6/h3,5,7-9,13,16H,1-2,4H2,(H,12,14)(H,15,17)(H,18,19). The van der Waals surface area contributed by atoms with E-state index in [1.807, 2.05) is 0 Å². The first kappa shape index (κ1) is 13.5. The maximum absolute atomic E-state index is 11.9. The number of nitrogens with zero attached hydrogens (tertiary/aromatic N) is 1. The number of aliphatic hydroxyl groups is 1. The Hall–Kier alpha value is -1.93. The monoisotopic (exact) mass is 268 g/mol. The Kier molecular flexibility index (Phi) is 4.13. The average molecular weight is 268 g/mol. The topological polar surface area (TPSA) is 127 Å². The highest BCUT2D eigenvalue weighted by molar-refractivity contribution is 5.87. The molecular formula is C11H16N4O4. The molecule has 0 spiro atoms. The van der Waals surface area contributed by atoms with E-state index in [4.69, 9.17) is 5.11 Å². The summed E-state index contributed by atoms with van der Waals surface area (Å²) in [6, 6.07) is -1.56. The molecule has 1 aliphatic heterocycles. The third-order valence-electron chi connectivity index (χ3n) is 3.02. The highest BCUT2D eigenvalue weighted by Gasteiger charge is 2.31. The first-order chi connectivity index (χ1) is 9.06. The molecule has 0 bridgehead atoms. The number of aromatic amines is 1. The summed E-state index contributed by atoms with van der Waals surface area (Å²) in [4.78, 5) is 29.6. The Balaban J connectivity index is 1.93. The van der Waals surface area contributed by atoms with Crippen molar-refractivity contribution in [3.8, 4) is 0 Å². The molecule has 8 heteroatoms. The van der Waals surface area contributed by atoms with Gasteiger partial charge in [0.25, 0.3) is 0 Å². The number of carboxylic acids is 1. The molecule has 0 radical (unpaired) electrons. The minimum Gasteiger partial charge on any atom is -0.480 e. The van der Waals surface area contributed by atoms with Gasteiger partial charge in [0.1, 0.15) is 6.04 Å². The van der Waals surface area contributed by atoms with Crippen LogP contribution < -0.4 is 10.6 Å². The molecule has 3 atom stereocenters. The minimum atomic E-state index is -1.11. The first-order valence-corrected chi connectivity index (χ1v) is 5.98. The van der Waals surface area contributed by atoms with Gasteiger partial charge in [0, 0.05) is 24.9 Å². The number of aliphatic carboxylic acids is 1. The third-order valence-corrected chi connectivity index (χ3v) is 3.02. The molecule has 1 amide bonds. The van der Waals surface area contributed by atoms with Gasteiger partial charge in [-0.2, -0.15) is 0 Å². The number of hydrogen-bond donors (Lipinski definition) is 5. The fraction of sp³-hybridized carbons (Fsp3) is 0.545. The second kappa shape index (κ2) is 5.81. The van der Waals surface area contributed by atoms with Gasteiger partial charge in [-0.1, -0.05) is 0 Å². The number of nitrogens with one attached hydrogen (secondary N) is 3. The summed E-state index contributed by atoms with van der Waals surface area (Å²) in [5.41, 5.74) is 0.632. The van der Waals surface area contributed by atoms with Crippen molar-refractivity contribution < 1.29 is 19.8 Å². The van der Waals surface area contributed by atoms with Gasteiger partial charge in [-0.05, 0) is 6.42 Å². The van der Waals surface area contributed by atoms with Crippen LogP contribution >= 0.6 is 0 Å². The van der Waals surface area contributed by atoms with Gasteiger partial charge >= 0.3 is 5.97 Å². The lowest BCUT2D eigenvalue weighted by atomic mass is 10.1. The Morgan fingerprint density at radius 2 is 2.37 bits per heavy atom. The van der Waals surface area contributed by atoms with Crippen molar-refractivity contribution in [3.05, 3.63) is 18.2 Å². The zero-order valence-corrected chi connectivity index (χ0v) is 10.2. The summed E-state index contributed by atoms with van der Waals surface area (Å²) in [6.07, 6.45) is 2.83. The minimum absolute atomic E-state index is 0.135. The predicted octanol–water partition coefficient (Wildman–Crippen LogP) is -1.76. The number of imidazole rings is 1. The van der Waals surface area contributed by atoms with Gasteiger partial charge in [-0.15, -0.1) is 0 Å². The van der Waals surface area contributed by atoms with Gasteiger partial charge in [-0.3, -0.25) is 4.79 Å². The summed E-state index contributed by atoms with van der Waals surface area (Å²) < 4.78 is 0. The Labute approximate surface area is 109 Å². The number of carbonyl (C=O) groups is 2. The highest BCUT2D eigenvalue weighted by Crippen LogP contribution is 2.07. The van der Waals surface area contributed by atoms with Crippen LogP contribution in [0.4, 0.5) is 0 Å². The van der Waals surface area contributed by atoms with Crippen LogP contribution in [-0.2, 0) is 16.0 Å². The summed E-state index contributed by atoms with van der Waals surface area (Å²) in [6.45, 7) is 0.344. The molecule has 19 heavy (non-hydrogen) atoms. The van der Waals surface area contributed by atoms with Crippen molar-refractivity contribution >= 4 is 11.9 Å². The zero-order valence-electron chi connectivity index (χ0n) is 10.2. The smallest absolute Gasteiger partial charge is 0.326 e. The van der Waals surface area contributed by atoms with Crippen LogP contribution in [0.3, 0.4) is 0 Å². The quantitative estimate of drug-likeness (QED) is 0.430. The molecule has 104 valence electrons. The number of aliphatic hydroxyl groups excluding tert-OH is 1. The lowest BCUT2D eigenvalue weighted by molar-refractivity contribution is -0.142. The molecular weight excluding hydrogens is 252 g/mol. The van der Waals surface area contributed by atoms with Gasteiger partial charge in [0.05, 0.1) is 18.5 Å². The van der Waals surface area contributed by atoms with Crippen molar-refractivity contribution in [3.63, 3.8) is 0 Å². The Bertz CT molecular complexity index is 448. The van der Waals surface area contributed by atoms with E-state index in [1.165, 1.54) is 12.5 Å². The highest BCUT2D eigenvalue weighted by atomic mass is 16.4. The van der Waals surface area contributed by atoms with Crippen LogP contribution in [0, 0.1) is 0 Å². The number of aromatic nitrogens is 2. The third kappa shape index (κ3) is 3.52. The average Bonchev–Trinajstić information content (AvgIpc) is 2.99. The second-order valence-corrected chi connectivity index (χ2v) is 4.53. The normalized spacial score (nSPS) is 24.1. The lowest BCUT2D eigenvalue weighted by Crippen LogP contribution is -2.49. The largest absolute Gasteiger partial charge is 0.480 e. The van der Waals surface area contributed by atoms with E-state index in [0.717, 1.165) is 0 Å². The van der Waals surface area contributed by atoms with E-state index in [9.17, 15) is 14.7 Å². The van der Waals surface area contributed by atoms with E-state index in [2.05, 4.69) is 20.6 Å². The van der Waals surface area contributed by atoms with Gasteiger partial charge in [-0.25, -0.2) is 9.78 Å². The van der Waals surface area contributed by atoms with Crippen LogP contribution in [0.25, 0.3) is 0 Å². The number of hydrogen-bond acceptors (Lipinski definition) is 5. The predicted molar refractivity (Wildman–Crippen MR) is 64.3 cm³/mol. The van der Waals surface area contributed by atoms with Crippen LogP contribution in [0.15, 0.2) is 12.5 Å². The molecule has 1 saturated heterocycles. The van der Waals surface area contributed by atoms with E-state index < -0.39 is 30.1 Å². The fourth-order valence-electron chi connectivity index (χ4n) is 2.01. The molecule has 1 aromatic heterocycles. The van der Waals surface area contributed by atoms with Crippen molar-refractivity contribution in [2.75, 3.05) is 6.54 Å². The molecule has 8 nitrogen and oxygen atoms in total. The van der Waals surface area contributed by atoms with E-state index in [1.54, 1.807) is 0 Å². The number of carbonyl (C=O) groups excluding carboxylic acids is 1. The molecule has 2 heterocycles. The van der Waals surface area contributed by atoms with E-state index in [-0.39, 0.29) is 6.42 Å². The van der Waals surface area contributed by atoms with Crippen LogP contribution in [0.2, 0.25) is 0 Å². The molecule has 0 saturated carbocycles. The van der Waals surface area contributed by atoms with Crippen molar-refractivity contribution in [2.24, 2.45) is 0 Å². The Morgan fingerprint density at radius 3 is 2.89 bits per heavy atom. The van der Waals surface area contributed by atoms with Crippen LogP contribution in [-0.4, -0.2) is 56.8 Å². The van der Waals surface area contributed by atoms with E-state index in [0.29, 0.717) is 18.7 Å². The molecule has 3 unspecified atom stereocenters. The van der Waals surface area contributed by atoms with Crippen molar-refractivity contribution in [1.82, 2.24) is 20.6 Å². The number of β-amino-alcohol motifs (C(OH)–C–C–N with tert-alkyl or cyclic N) is 1. The number of carboxylic acid groups (broad SMARTS) is 1. The van der Waals surface area contributed by atoms with Gasteiger partial charge in [0.2, 0.25) is 5.91 Å². The number of H-pyrrole nitrogens is 1. The maximum atomic E-state index is 11.9. The molecule has 1 aliphatic rings. The number of amides is 1. The van der Waals surface area contributed by atoms with E-state index >= 15 is 0 Å². The second-order valence-electron chi connectivity index (χ2n) is 4.53. The van der Waals surface area contributed by atoms with Crippen LogP contribution in [0.5, 0.6) is 0 Å². The van der Waals surface area contributed by atoms with Gasteiger partial charge < -0.3 is 25.8 Å². The summed E-state index contributed by atoms with van der Waals surface area (Å²) in [5, 5.41) is 23.7. The lowest BCUT2D eigenvalue weighted by Gasteiger charge is -2.16. The molecule has 1 fully saturated rings. The summed E-state index contributed by atoms with van der Waals surface area (Å²) in [5.74, 6) is -1.52. The molecule has 1 aromatic rings.